The highest BCUT2D eigenvalue weighted by atomic mass is 35.5. The van der Waals surface area contributed by atoms with E-state index in [1.807, 2.05) is 0 Å². The van der Waals surface area contributed by atoms with Crippen LogP contribution in [0.5, 0.6) is 0 Å². The lowest BCUT2D eigenvalue weighted by Crippen LogP contribution is -2.06. The number of aromatic nitrogens is 1. The van der Waals surface area contributed by atoms with Gasteiger partial charge in [-0.25, -0.2) is 4.98 Å². The van der Waals surface area contributed by atoms with E-state index in [1.165, 1.54) is 12.3 Å². The molecule has 0 fully saturated rings. The van der Waals surface area contributed by atoms with Gasteiger partial charge in [0.15, 0.2) is 0 Å². The fourth-order valence-corrected chi connectivity index (χ4v) is 1.89. The van der Waals surface area contributed by atoms with Gasteiger partial charge in [0.1, 0.15) is 5.82 Å². The SMILES string of the molecule is Nc1ncc(Cl)cc1Cc1cccc(C(F)(F)F)c1. The van der Waals surface area contributed by atoms with Gasteiger partial charge in [0.05, 0.1) is 10.6 Å². The second-order valence-corrected chi connectivity index (χ2v) is 4.51. The van der Waals surface area contributed by atoms with Crippen molar-refractivity contribution in [1.29, 1.82) is 0 Å². The van der Waals surface area contributed by atoms with Gasteiger partial charge in [-0.15, -0.1) is 0 Å². The molecule has 2 rings (SSSR count). The molecule has 0 spiro atoms. The third kappa shape index (κ3) is 3.38. The largest absolute Gasteiger partial charge is 0.416 e. The van der Waals surface area contributed by atoms with E-state index in [-0.39, 0.29) is 12.2 Å². The number of nitrogen functional groups attached to an aromatic ring is 1. The lowest BCUT2D eigenvalue weighted by Gasteiger charge is -2.09. The predicted octanol–water partition coefficient (Wildman–Crippen LogP) is 3.93. The van der Waals surface area contributed by atoms with Crippen molar-refractivity contribution in [3.8, 4) is 0 Å². The fraction of sp³-hybridized carbons (Fsp3) is 0.154. The van der Waals surface area contributed by atoms with E-state index in [1.54, 1.807) is 12.1 Å². The summed E-state index contributed by atoms with van der Waals surface area (Å²) in [7, 11) is 0. The van der Waals surface area contributed by atoms with Crippen molar-refractivity contribution in [3.05, 3.63) is 58.2 Å². The summed E-state index contributed by atoms with van der Waals surface area (Å²) in [5.74, 6) is 0.266. The third-order valence-corrected chi connectivity index (χ3v) is 2.82. The quantitative estimate of drug-likeness (QED) is 0.908. The van der Waals surface area contributed by atoms with Crippen molar-refractivity contribution in [2.45, 2.75) is 12.6 Å². The first-order valence-electron chi connectivity index (χ1n) is 5.42. The number of nitrogens with zero attached hydrogens (tertiary/aromatic N) is 1. The summed E-state index contributed by atoms with van der Waals surface area (Å²) in [5, 5.41) is 0.399. The first kappa shape index (κ1) is 13.7. The van der Waals surface area contributed by atoms with E-state index in [0.717, 1.165) is 12.1 Å². The van der Waals surface area contributed by atoms with Crippen LogP contribution in [-0.2, 0) is 12.6 Å². The minimum Gasteiger partial charge on any atom is -0.383 e. The number of nitrogens with two attached hydrogens (primary N) is 1. The van der Waals surface area contributed by atoms with Gasteiger partial charge in [-0.3, -0.25) is 0 Å². The fourth-order valence-electron chi connectivity index (χ4n) is 1.71. The molecule has 0 bridgehead atoms. The minimum absolute atomic E-state index is 0.253. The summed E-state index contributed by atoms with van der Waals surface area (Å²) in [6, 6.07) is 6.70. The number of pyridine rings is 1. The summed E-state index contributed by atoms with van der Waals surface area (Å²) < 4.78 is 37.8. The lowest BCUT2D eigenvalue weighted by molar-refractivity contribution is -0.137. The smallest absolute Gasteiger partial charge is 0.383 e. The molecule has 0 aliphatic carbocycles. The van der Waals surface area contributed by atoms with Crippen LogP contribution in [0, 0.1) is 0 Å². The van der Waals surface area contributed by atoms with Gasteiger partial charge in [0.2, 0.25) is 0 Å². The number of benzene rings is 1. The highest BCUT2D eigenvalue weighted by Gasteiger charge is 2.30. The van der Waals surface area contributed by atoms with Gasteiger partial charge >= 0.3 is 6.18 Å². The summed E-state index contributed by atoms with van der Waals surface area (Å²) >= 11 is 5.79. The van der Waals surface area contributed by atoms with Crippen molar-refractivity contribution in [2.75, 3.05) is 5.73 Å². The average molecular weight is 287 g/mol. The molecular formula is C13H10ClF3N2. The van der Waals surface area contributed by atoms with E-state index in [4.69, 9.17) is 17.3 Å². The van der Waals surface area contributed by atoms with E-state index < -0.39 is 11.7 Å². The molecule has 0 aliphatic rings. The molecule has 1 heterocycles. The predicted molar refractivity (Wildman–Crippen MR) is 67.9 cm³/mol. The first-order chi connectivity index (χ1) is 8.86. The van der Waals surface area contributed by atoms with Gasteiger partial charge in [-0.2, -0.15) is 13.2 Å². The van der Waals surface area contributed by atoms with Gasteiger partial charge in [0.25, 0.3) is 0 Å². The first-order valence-corrected chi connectivity index (χ1v) is 5.80. The Bertz CT molecular complexity index is 597. The van der Waals surface area contributed by atoms with E-state index in [2.05, 4.69) is 4.98 Å². The zero-order valence-corrected chi connectivity index (χ0v) is 10.5. The Balaban J connectivity index is 2.31. The maximum absolute atomic E-state index is 12.6. The Morgan fingerprint density at radius 1 is 1.21 bits per heavy atom. The summed E-state index contributed by atoms with van der Waals surface area (Å²) in [6.07, 6.45) is -2.70. The molecule has 0 aliphatic heterocycles. The average Bonchev–Trinajstić information content (AvgIpc) is 2.33. The molecule has 0 atom stereocenters. The van der Waals surface area contributed by atoms with Crippen LogP contribution in [0.2, 0.25) is 5.02 Å². The van der Waals surface area contributed by atoms with Crippen molar-refractivity contribution in [2.24, 2.45) is 0 Å². The zero-order valence-electron chi connectivity index (χ0n) is 9.71. The molecule has 2 nitrogen and oxygen atoms in total. The summed E-state index contributed by atoms with van der Waals surface area (Å²) in [5.41, 5.74) is 6.10. The molecule has 1 aromatic heterocycles. The number of alkyl halides is 3. The van der Waals surface area contributed by atoms with E-state index in [9.17, 15) is 13.2 Å². The Hall–Kier alpha value is -1.75. The van der Waals surface area contributed by atoms with Gasteiger partial charge in [-0.05, 0) is 17.7 Å². The minimum atomic E-state index is -4.35. The van der Waals surface area contributed by atoms with E-state index in [0.29, 0.717) is 16.1 Å². The normalized spacial score (nSPS) is 11.6. The topological polar surface area (TPSA) is 38.9 Å². The van der Waals surface area contributed by atoms with Crippen LogP contribution in [-0.4, -0.2) is 4.98 Å². The van der Waals surface area contributed by atoms with Crippen LogP contribution in [0.4, 0.5) is 19.0 Å². The molecule has 2 aromatic rings. The van der Waals surface area contributed by atoms with Crippen LogP contribution in [0.15, 0.2) is 36.5 Å². The molecule has 0 radical (unpaired) electrons. The second-order valence-electron chi connectivity index (χ2n) is 4.07. The molecular weight excluding hydrogens is 277 g/mol. The van der Waals surface area contributed by atoms with Crippen molar-refractivity contribution >= 4 is 17.4 Å². The summed E-state index contributed by atoms with van der Waals surface area (Å²) in [4.78, 5) is 3.87. The Kier molecular flexibility index (Phi) is 3.66. The van der Waals surface area contributed by atoms with Gasteiger partial charge < -0.3 is 5.73 Å². The van der Waals surface area contributed by atoms with Crippen molar-refractivity contribution in [1.82, 2.24) is 4.98 Å². The van der Waals surface area contributed by atoms with Crippen LogP contribution < -0.4 is 5.73 Å². The number of rotatable bonds is 2. The maximum Gasteiger partial charge on any atom is 0.416 e. The van der Waals surface area contributed by atoms with Crippen LogP contribution >= 0.6 is 11.6 Å². The Morgan fingerprint density at radius 2 is 1.95 bits per heavy atom. The molecule has 0 saturated carbocycles. The van der Waals surface area contributed by atoms with Crippen LogP contribution in [0.25, 0.3) is 0 Å². The van der Waals surface area contributed by atoms with Crippen LogP contribution in [0.3, 0.4) is 0 Å². The Labute approximate surface area is 113 Å². The second kappa shape index (κ2) is 5.09. The van der Waals surface area contributed by atoms with Crippen molar-refractivity contribution in [3.63, 3.8) is 0 Å². The molecule has 0 unspecified atom stereocenters. The molecule has 19 heavy (non-hydrogen) atoms. The molecule has 0 amide bonds. The third-order valence-electron chi connectivity index (χ3n) is 2.62. The molecule has 2 N–H and O–H groups in total. The monoisotopic (exact) mass is 286 g/mol. The molecule has 6 heteroatoms. The lowest BCUT2D eigenvalue weighted by atomic mass is 10.0. The van der Waals surface area contributed by atoms with Crippen molar-refractivity contribution < 1.29 is 13.2 Å². The number of hydrogen-bond donors (Lipinski definition) is 1. The van der Waals surface area contributed by atoms with E-state index >= 15 is 0 Å². The number of anilines is 1. The standard InChI is InChI=1S/C13H10ClF3N2/c14-11-6-9(12(18)19-7-11)4-8-2-1-3-10(5-8)13(15,16)17/h1-3,5-7H,4H2,(H2,18,19). The number of hydrogen-bond acceptors (Lipinski definition) is 2. The highest BCUT2D eigenvalue weighted by Crippen LogP contribution is 2.30. The number of halogens is 4. The van der Waals surface area contributed by atoms with Crippen LogP contribution in [0.1, 0.15) is 16.7 Å². The maximum atomic E-state index is 12.6. The summed E-state index contributed by atoms with van der Waals surface area (Å²) in [6.45, 7) is 0. The van der Waals surface area contributed by atoms with Gasteiger partial charge in [-0.1, -0.05) is 29.8 Å². The highest BCUT2D eigenvalue weighted by molar-refractivity contribution is 6.30. The molecule has 100 valence electrons. The zero-order chi connectivity index (χ0) is 14.0. The Morgan fingerprint density at radius 3 is 2.63 bits per heavy atom. The molecule has 0 saturated heterocycles. The molecule has 1 aromatic carbocycles. The van der Waals surface area contributed by atoms with Gasteiger partial charge in [0, 0.05) is 18.2 Å².